The summed E-state index contributed by atoms with van der Waals surface area (Å²) < 4.78 is 23.3. The van der Waals surface area contributed by atoms with Gasteiger partial charge < -0.3 is 29.2 Å². The van der Waals surface area contributed by atoms with Crippen molar-refractivity contribution in [3.05, 3.63) is 22.3 Å². The SMILES string of the molecule is COc1c2c(c(C)c3c1C(=O)OC3)O[C@]1(C)C[C@@H](O)[C@@]3(O)C(C)(C)OC(=O)CC[C@]3(C)[C@@H]1C2. The number of hydrogen-bond donors (Lipinski definition) is 2. The zero-order valence-corrected chi connectivity index (χ0v) is 20.0. The van der Waals surface area contributed by atoms with Crippen LogP contribution in [0, 0.1) is 18.3 Å². The molecule has 2 N–H and O–H groups in total. The number of hydrogen-bond acceptors (Lipinski definition) is 8. The maximum atomic E-state index is 12.5. The quantitative estimate of drug-likeness (QED) is 0.615. The summed E-state index contributed by atoms with van der Waals surface area (Å²) >= 11 is 0. The molecular formula is C25H32O8. The first-order valence-corrected chi connectivity index (χ1v) is 11.5. The molecule has 1 aromatic carbocycles. The molecule has 8 heteroatoms. The lowest BCUT2D eigenvalue weighted by atomic mass is 9.46. The van der Waals surface area contributed by atoms with Gasteiger partial charge >= 0.3 is 11.9 Å². The number of benzene rings is 1. The monoisotopic (exact) mass is 460 g/mol. The van der Waals surface area contributed by atoms with E-state index < -0.39 is 40.3 Å². The number of aliphatic hydroxyl groups is 2. The number of carbonyl (C=O) groups excluding carboxylic acids is 2. The fourth-order valence-electron chi connectivity index (χ4n) is 7.31. The van der Waals surface area contributed by atoms with Gasteiger partial charge in [-0.25, -0.2) is 4.79 Å². The number of esters is 2. The molecule has 4 aliphatic rings. The summed E-state index contributed by atoms with van der Waals surface area (Å²) in [4.78, 5) is 25.0. The highest BCUT2D eigenvalue weighted by atomic mass is 16.6. The molecule has 8 nitrogen and oxygen atoms in total. The van der Waals surface area contributed by atoms with Gasteiger partial charge in [-0.3, -0.25) is 4.79 Å². The zero-order chi connectivity index (χ0) is 24.1. The van der Waals surface area contributed by atoms with Crippen LogP contribution in [0.5, 0.6) is 11.5 Å². The van der Waals surface area contributed by atoms with Crippen LogP contribution in [0.2, 0.25) is 0 Å². The lowest BCUT2D eigenvalue weighted by Gasteiger charge is -2.65. The van der Waals surface area contributed by atoms with E-state index in [9.17, 15) is 19.8 Å². The Morgan fingerprint density at radius 2 is 1.79 bits per heavy atom. The highest BCUT2D eigenvalue weighted by Crippen LogP contribution is 2.64. The van der Waals surface area contributed by atoms with E-state index in [4.69, 9.17) is 18.9 Å². The Hall–Kier alpha value is -2.32. The van der Waals surface area contributed by atoms with Crippen LogP contribution in [-0.4, -0.2) is 52.2 Å². The predicted octanol–water partition coefficient (Wildman–Crippen LogP) is 2.60. The van der Waals surface area contributed by atoms with Crippen LogP contribution < -0.4 is 9.47 Å². The van der Waals surface area contributed by atoms with Crippen molar-refractivity contribution in [2.24, 2.45) is 11.3 Å². The highest BCUT2D eigenvalue weighted by molar-refractivity contribution is 5.98. The third-order valence-electron chi connectivity index (χ3n) is 8.96. The lowest BCUT2D eigenvalue weighted by molar-refractivity contribution is -0.302. The van der Waals surface area contributed by atoms with Gasteiger partial charge in [0.1, 0.15) is 40.5 Å². The van der Waals surface area contributed by atoms with E-state index in [0.29, 0.717) is 29.9 Å². The number of aliphatic hydroxyl groups excluding tert-OH is 1. The maximum Gasteiger partial charge on any atom is 0.342 e. The number of rotatable bonds is 1. The normalized spacial score (nSPS) is 38.5. The van der Waals surface area contributed by atoms with Crippen LogP contribution >= 0.6 is 0 Å². The molecule has 2 fully saturated rings. The Kier molecular flexibility index (Phi) is 4.51. The van der Waals surface area contributed by atoms with Gasteiger partial charge in [0, 0.05) is 35.3 Å². The largest absolute Gasteiger partial charge is 0.495 e. The van der Waals surface area contributed by atoms with Crippen LogP contribution in [0.3, 0.4) is 0 Å². The van der Waals surface area contributed by atoms with Gasteiger partial charge in [0.15, 0.2) is 0 Å². The summed E-state index contributed by atoms with van der Waals surface area (Å²) in [6.45, 7) is 9.26. The summed E-state index contributed by atoms with van der Waals surface area (Å²) in [5.41, 5.74) is -1.98. The van der Waals surface area contributed by atoms with Gasteiger partial charge in [0.05, 0.1) is 13.2 Å². The fraction of sp³-hybridized carbons (Fsp3) is 0.680. The van der Waals surface area contributed by atoms with Crippen molar-refractivity contribution in [3.63, 3.8) is 0 Å². The molecule has 1 saturated heterocycles. The molecule has 33 heavy (non-hydrogen) atoms. The second-order valence-corrected chi connectivity index (χ2v) is 11.0. The Morgan fingerprint density at radius 3 is 2.45 bits per heavy atom. The number of cyclic esters (lactones) is 2. The minimum atomic E-state index is -1.70. The third kappa shape index (κ3) is 2.59. The first-order valence-electron chi connectivity index (χ1n) is 11.5. The van der Waals surface area contributed by atoms with Crippen LogP contribution in [0.25, 0.3) is 0 Å². The highest BCUT2D eigenvalue weighted by Gasteiger charge is 2.73. The van der Waals surface area contributed by atoms with E-state index in [1.807, 2.05) is 20.8 Å². The van der Waals surface area contributed by atoms with Gasteiger partial charge in [-0.1, -0.05) is 6.92 Å². The summed E-state index contributed by atoms with van der Waals surface area (Å²) in [5, 5.41) is 23.5. The topological polar surface area (TPSA) is 112 Å². The van der Waals surface area contributed by atoms with E-state index in [-0.39, 0.29) is 25.4 Å². The lowest BCUT2D eigenvalue weighted by Crippen LogP contribution is -2.76. The molecule has 0 amide bonds. The van der Waals surface area contributed by atoms with Gasteiger partial charge in [-0.05, 0) is 46.1 Å². The summed E-state index contributed by atoms with van der Waals surface area (Å²) in [6.07, 6.45) is -0.102. The first-order chi connectivity index (χ1) is 15.3. The zero-order valence-electron chi connectivity index (χ0n) is 20.0. The van der Waals surface area contributed by atoms with E-state index in [1.165, 1.54) is 7.11 Å². The van der Waals surface area contributed by atoms with E-state index >= 15 is 0 Å². The van der Waals surface area contributed by atoms with Crippen molar-refractivity contribution < 1.29 is 38.7 Å². The van der Waals surface area contributed by atoms with E-state index in [1.54, 1.807) is 13.8 Å². The Balaban J connectivity index is 1.73. The Bertz CT molecular complexity index is 1080. The maximum absolute atomic E-state index is 12.5. The summed E-state index contributed by atoms with van der Waals surface area (Å²) in [5.74, 6) is -0.0253. The molecule has 0 unspecified atom stereocenters. The van der Waals surface area contributed by atoms with Crippen LogP contribution in [-0.2, 0) is 27.3 Å². The molecule has 5 atom stereocenters. The van der Waals surface area contributed by atoms with Crippen LogP contribution in [0.15, 0.2) is 0 Å². The average Bonchev–Trinajstić information content (AvgIpc) is 3.09. The van der Waals surface area contributed by atoms with E-state index in [2.05, 4.69) is 0 Å². The molecule has 1 aliphatic carbocycles. The predicted molar refractivity (Wildman–Crippen MR) is 116 cm³/mol. The summed E-state index contributed by atoms with van der Waals surface area (Å²) in [7, 11) is 1.52. The molecule has 1 saturated carbocycles. The van der Waals surface area contributed by atoms with Crippen molar-refractivity contribution in [1.82, 2.24) is 0 Å². The fourth-order valence-corrected chi connectivity index (χ4v) is 7.31. The number of ether oxygens (including phenoxy) is 4. The van der Waals surface area contributed by atoms with Crippen LogP contribution in [0.1, 0.15) is 74.0 Å². The Morgan fingerprint density at radius 1 is 1.09 bits per heavy atom. The van der Waals surface area contributed by atoms with Gasteiger partial charge in [-0.15, -0.1) is 0 Å². The van der Waals surface area contributed by atoms with Crippen molar-refractivity contribution in [1.29, 1.82) is 0 Å². The molecule has 5 rings (SSSR count). The first kappa shape index (κ1) is 22.5. The van der Waals surface area contributed by atoms with Crippen molar-refractivity contribution in [2.75, 3.05) is 7.11 Å². The molecule has 1 aromatic rings. The number of carbonyl (C=O) groups is 2. The molecule has 180 valence electrons. The van der Waals surface area contributed by atoms with Gasteiger partial charge in [-0.2, -0.15) is 0 Å². The second-order valence-electron chi connectivity index (χ2n) is 11.0. The molecule has 3 aliphatic heterocycles. The molecule has 0 bridgehead atoms. The number of fused-ring (bicyclic) bond motifs is 5. The third-order valence-corrected chi connectivity index (χ3v) is 8.96. The summed E-state index contributed by atoms with van der Waals surface area (Å²) in [6, 6.07) is 0. The van der Waals surface area contributed by atoms with Crippen LogP contribution in [0.4, 0.5) is 0 Å². The molecule has 0 radical (unpaired) electrons. The van der Waals surface area contributed by atoms with Crippen molar-refractivity contribution >= 4 is 11.9 Å². The van der Waals surface area contributed by atoms with Crippen molar-refractivity contribution in [2.45, 2.75) is 89.8 Å². The molecule has 3 heterocycles. The molecule has 0 spiro atoms. The van der Waals surface area contributed by atoms with E-state index in [0.717, 1.165) is 16.7 Å². The smallest absolute Gasteiger partial charge is 0.342 e. The number of methoxy groups -OCH3 is 1. The van der Waals surface area contributed by atoms with Gasteiger partial charge in [0.25, 0.3) is 0 Å². The molecular weight excluding hydrogens is 428 g/mol. The van der Waals surface area contributed by atoms with Crippen molar-refractivity contribution in [3.8, 4) is 11.5 Å². The Labute approximate surface area is 193 Å². The minimum Gasteiger partial charge on any atom is -0.495 e. The minimum absolute atomic E-state index is 0.126. The standard InChI is InChI=1S/C25H32O8/c1-12-14-11-31-21(28)18(14)20(30-6)13-9-15-23(4)8-7-17(27)32-22(2,3)25(23,29)16(26)10-24(15,5)33-19(12)13/h15-16,26,29H,7-11H2,1-6H3/t15-,16+,23+,24+,25+/m0/s1. The second kappa shape index (κ2) is 6.63. The average molecular weight is 461 g/mol. The molecule has 0 aromatic heterocycles. The van der Waals surface area contributed by atoms with Gasteiger partial charge in [0.2, 0.25) is 0 Å².